The lowest BCUT2D eigenvalue weighted by atomic mass is 10.1. The van der Waals surface area contributed by atoms with Crippen molar-refractivity contribution in [1.82, 2.24) is 10.0 Å². The van der Waals surface area contributed by atoms with Crippen LogP contribution in [-0.2, 0) is 26.2 Å². The minimum Gasteiger partial charge on any atom is -0.352 e. The van der Waals surface area contributed by atoms with Gasteiger partial charge >= 0.3 is 0 Å². The smallest absolute Gasteiger partial charge is 0.240 e. The number of sulfonamides is 1. The Hall–Kier alpha value is -2.71. The second kappa shape index (κ2) is 9.67. The van der Waals surface area contributed by atoms with Gasteiger partial charge in [-0.2, -0.15) is 0 Å². The first-order valence-electron chi connectivity index (χ1n) is 9.66. The summed E-state index contributed by atoms with van der Waals surface area (Å²) in [6.45, 7) is 1.06. The molecule has 1 heterocycles. The van der Waals surface area contributed by atoms with Gasteiger partial charge in [0, 0.05) is 38.2 Å². The molecule has 0 unspecified atom stereocenters. The fraction of sp³-hybridized carbons (Fsp3) is 0.333. The molecule has 1 saturated heterocycles. The van der Waals surface area contributed by atoms with Crippen LogP contribution in [0.5, 0.6) is 0 Å². The predicted molar refractivity (Wildman–Crippen MR) is 111 cm³/mol. The molecule has 0 aliphatic carbocycles. The molecule has 0 bridgehead atoms. The van der Waals surface area contributed by atoms with E-state index >= 15 is 0 Å². The molecule has 1 aliphatic rings. The highest BCUT2D eigenvalue weighted by atomic mass is 32.2. The molecular weight excluding hydrogens is 390 g/mol. The van der Waals surface area contributed by atoms with Crippen LogP contribution in [0.15, 0.2) is 59.5 Å². The van der Waals surface area contributed by atoms with Crippen molar-refractivity contribution >= 4 is 27.5 Å². The van der Waals surface area contributed by atoms with Crippen molar-refractivity contribution in [1.29, 1.82) is 0 Å². The van der Waals surface area contributed by atoms with E-state index in [9.17, 15) is 18.0 Å². The van der Waals surface area contributed by atoms with Gasteiger partial charge < -0.3 is 10.2 Å². The van der Waals surface area contributed by atoms with Crippen molar-refractivity contribution in [3.63, 3.8) is 0 Å². The van der Waals surface area contributed by atoms with Crippen LogP contribution in [0.1, 0.15) is 31.2 Å². The number of nitrogens with zero attached hydrogens (tertiary/aromatic N) is 1. The predicted octanol–water partition coefficient (Wildman–Crippen LogP) is 2.19. The normalized spacial score (nSPS) is 14.6. The summed E-state index contributed by atoms with van der Waals surface area (Å²) in [5, 5.41) is 2.79. The molecule has 7 nitrogen and oxygen atoms in total. The maximum atomic E-state index is 12.1. The maximum Gasteiger partial charge on any atom is 0.240 e. The zero-order valence-corrected chi connectivity index (χ0v) is 17.0. The highest BCUT2D eigenvalue weighted by Gasteiger charge is 2.19. The highest BCUT2D eigenvalue weighted by molar-refractivity contribution is 7.89. The standard InChI is InChI=1S/C21H25N3O4S/c25-20(12-13-23-29(27,28)19-9-2-1-3-10-19)22-16-17-7-6-8-18(15-17)24-14-5-4-11-21(24)26/h1-3,6-10,15,23H,4-5,11-14,16H2,(H,22,25). The van der Waals surface area contributed by atoms with Crippen molar-refractivity contribution in [3.8, 4) is 0 Å². The van der Waals surface area contributed by atoms with Crippen LogP contribution in [0.25, 0.3) is 0 Å². The number of piperidine rings is 1. The second-order valence-corrected chi connectivity index (χ2v) is 8.68. The molecule has 1 fully saturated rings. The van der Waals surface area contributed by atoms with Gasteiger partial charge in [-0.25, -0.2) is 13.1 Å². The SMILES string of the molecule is O=C(CCNS(=O)(=O)c1ccccc1)NCc1cccc(N2CCCCC2=O)c1. The largest absolute Gasteiger partial charge is 0.352 e. The second-order valence-electron chi connectivity index (χ2n) is 6.91. The summed E-state index contributed by atoms with van der Waals surface area (Å²) in [5.74, 6) is -0.122. The van der Waals surface area contributed by atoms with Gasteiger partial charge in [-0.1, -0.05) is 30.3 Å². The minimum atomic E-state index is -3.61. The number of amides is 2. The molecule has 1 aliphatic heterocycles. The van der Waals surface area contributed by atoms with E-state index in [0.29, 0.717) is 13.0 Å². The van der Waals surface area contributed by atoms with Crippen LogP contribution < -0.4 is 14.9 Å². The Morgan fingerprint density at radius 3 is 2.59 bits per heavy atom. The summed E-state index contributed by atoms with van der Waals surface area (Å²) in [4.78, 5) is 26.1. The van der Waals surface area contributed by atoms with Crippen molar-refractivity contribution in [2.24, 2.45) is 0 Å². The lowest BCUT2D eigenvalue weighted by molar-refractivity contribution is -0.121. The van der Waals surface area contributed by atoms with E-state index in [1.54, 1.807) is 23.1 Å². The van der Waals surface area contributed by atoms with Crippen LogP contribution in [-0.4, -0.2) is 33.3 Å². The molecule has 0 spiro atoms. The van der Waals surface area contributed by atoms with Gasteiger partial charge in [-0.3, -0.25) is 9.59 Å². The van der Waals surface area contributed by atoms with E-state index in [1.165, 1.54) is 12.1 Å². The first-order chi connectivity index (χ1) is 14.0. The summed E-state index contributed by atoms with van der Waals surface area (Å²) in [6.07, 6.45) is 2.53. The number of benzene rings is 2. The Kier molecular flexibility index (Phi) is 7.00. The van der Waals surface area contributed by atoms with E-state index in [2.05, 4.69) is 10.0 Å². The molecule has 8 heteroatoms. The highest BCUT2D eigenvalue weighted by Crippen LogP contribution is 2.21. The summed E-state index contributed by atoms with van der Waals surface area (Å²) in [6, 6.07) is 15.6. The van der Waals surface area contributed by atoms with Crippen LogP contribution in [0.3, 0.4) is 0 Å². The Morgan fingerprint density at radius 1 is 1.03 bits per heavy atom. The van der Waals surface area contributed by atoms with Crippen LogP contribution in [0, 0.1) is 0 Å². The van der Waals surface area contributed by atoms with Crippen molar-refractivity contribution in [2.45, 2.75) is 37.1 Å². The van der Waals surface area contributed by atoms with E-state index < -0.39 is 10.0 Å². The van der Waals surface area contributed by atoms with Crippen LogP contribution in [0.4, 0.5) is 5.69 Å². The molecule has 2 amide bonds. The van der Waals surface area contributed by atoms with Gasteiger partial charge in [-0.15, -0.1) is 0 Å². The third kappa shape index (κ3) is 5.88. The number of hydrogen-bond acceptors (Lipinski definition) is 4. The van der Waals surface area contributed by atoms with E-state index in [0.717, 1.165) is 30.6 Å². The first-order valence-corrected chi connectivity index (χ1v) is 11.1. The average molecular weight is 416 g/mol. The number of hydrogen-bond donors (Lipinski definition) is 2. The fourth-order valence-electron chi connectivity index (χ4n) is 3.18. The molecule has 3 rings (SSSR count). The quantitative estimate of drug-likeness (QED) is 0.691. The molecule has 0 atom stereocenters. The number of nitrogens with one attached hydrogen (secondary N) is 2. The molecule has 154 valence electrons. The summed E-state index contributed by atoms with van der Waals surface area (Å²) < 4.78 is 26.7. The van der Waals surface area contributed by atoms with Gasteiger partial charge in [0.2, 0.25) is 21.8 Å². The first kappa shape index (κ1) is 21.0. The fourth-order valence-corrected chi connectivity index (χ4v) is 4.24. The molecule has 0 aromatic heterocycles. The van der Waals surface area contributed by atoms with E-state index in [-0.39, 0.29) is 29.7 Å². The maximum absolute atomic E-state index is 12.1. The zero-order valence-electron chi connectivity index (χ0n) is 16.1. The topological polar surface area (TPSA) is 95.6 Å². The van der Waals surface area contributed by atoms with Crippen LogP contribution in [0.2, 0.25) is 0 Å². The third-order valence-electron chi connectivity index (χ3n) is 4.73. The number of carbonyl (C=O) groups excluding carboxylic acids is 2. The summed E-state index contributed by atoms with van der Waals surface area (Å²) >= 11 is 0. The number of carbonyl (C=O) groups is 2. The molecule has 2 N–H and O–H groups in total. The molecule has 0 saturated carbocycles. The third-order valence-corrected chi connectivity index (χ3v) is 6.21. The average Bonchev–Trinajstić information content (AvgIpc) is 2.73. The molecule has 0 radical (unpaired) electrons. The molecule has 2 aromatic carbocycles. The van der Waals surface area contributed by atoms with E-state index in [4.69, 9.17) is 0 Å². The minimum absolute atomic E-state index is 0.0192. The monoisotopic (exact) mass is 415 g/mol. The van der Waals surface area contributed by atoms with Crippen LogP contribution >= 0.6 is 0 Å². The lowest BCUT2D eigenvalue weighted by Crippen LogP contribution is -2.35. The van der Waals surface area contributed by atoms with Crippen molar-refractivity contribution in [2.75, 3.05) is 18.0 Å². The Labute approximate surface area is 171 Å². The molecule has 2 aromatic rings. The Balaban J connectivity index is 1.47. The van der Waals surface area contributed by atoms with E-state index in [1.807, 2.05) is 24.3 Å². The van der Waals surface area contributed by atoms with Crippen molar-refractivity contribution < 1.29 is 18.0 Å². The summed E-state index contributed by atoms with van der Waals surface area (Å²) in [5.41, 5.74) is 1.73. The van der Waals surface area contributed by atoms with Gasteiger partial charge in [0.15, 0.2) is 0 Å². The van der Waals surface area contributed by atoms with Gasteiger partial charge in [0.1, 0.15) is 0 Å². The molecular formula is C21H25N3O4S. The van der Waals surface area contributed by atoms with Gasteiger partial charge in [0.05, 0.1) is 4.90 Å². The Bertz CT molecular complexity index is 961. The summed E-state index contributed by atoms with van der Waals surface area (Å²) in [7, 11) is -3.61. The number of rotatable bonds is 8. The molecule has 29 heavy (non-hydrogen) atoms. The lowest BCUT2D eigenvalue weighted by Gasteiger charge is -2.27. The van der Waals surface area contributed by atoms with Gasteiger partial charge in [0.25, 0.3) is 0 Å². The van der Waals surface area contributed by atoms with Crippen molar-refractivity contribution in [3.05, 3.63) is 60.2 Å². The zero-order chi connectivity index (χ0) is 20.7. The Morgan fingerprint density at radius 2 is 1.83 bits per heavy atom. The van der Waals surface area contributed by atoms with Gasteiger partial charge in [-0.05, 0) is 42.7 Å². The number of anilines is 1.